The van der Waals surface area contributed by atoms with Gasteiger partial charge >= 0.3 is 0 Å². The molecule has 0 amide bonds. The highest BCUT2D eigenvalue weighted by Crippen LogP contribution is 2.71. The van der Waals surface area contributed by atoms with Crippen molar-refractivity contribution in [2.45, 2.75) is 75.5 Å². The summed E-state index contributed by atoms with van der Waals surface area (Å²) in [4.78, 5) is 11.3. The summed E-state index contributed by atoms with van der Waals surface area (Å²) in [6.07, 6.45) is 4.38. The van der Waals surface area contributed by atoms with Crippen LogP contribution in [0.4, 0.5) is 8.78 Å². The monoisotopic (exact) mass is 390 g/mol. The Balaban J connectivity index is 1.78. The molecule has 7 atom stereocenters. The number of ketones is 1. The SMILES string of the molecule is C[C@]12CCC(=O)C=C1CC[C@H]1[C@@H]3CCC(C(F)F)[C@@]3(C)CC(Cl)[C@]12Cl. The van der Waals surface area contributed by atoms with Crippen LogP contribution in [0.5, 0.6) is 0 Å². The smallest absolute Gasteiger partial charge is 0.241 e. The van der Waals surface area contributed by atoms with Crippen LogP contribution in [0.15, 0.2) is 11.6 Å². The first-order valence-electron chi connectivity index (χ1n) is 9.49. The number of fused-ring (bicyclic) bond motifs is 5. The van der Waals surface area contributed by atoms with E-state index in [1.54, 1.807) is 6.08 Å². The molecule has 4 aliphatic carbocycles. The summed E-state index contributed by atoms with van der Waals surface area (Å²) in [6, 6.07) is 0. The highest BCUT2D eigenvalue weighted by atomic mass is 35.5. The van der Waals surface area contributed by atoms with Crippen LogP contribution < -0.4 is 0 Å². The van der Waals surface area contributed by atoms with E-state index in [-0.39, 0.29) is 28.4 Å². The van der Waals surface area contributed by atoms with E-state index in [2.05, 4.69) is 6.92 Å². The minimum atomic E-state index is -2.29. The zero-order chi connectivity index (χ0) is 18.2. The summed E-state index contributed by atoms with van der Waals surface area (Å²) in [7, 11) is 0. The lowest BCUT2D eigenvalue weighted by Gasteiger charge is -2.64. The molecule has 140 valence electrons. The third-order valence-corrected chi connectivity index (χ3v) is 9.94. The number of halogens is 4. The molecular formula is C20H26Cl2F2O. The van der Waals surface area contributed by atoms with Gasteiger partial charge in [0.25, 0.3) is 0 Å². The number of carbonyl (C=O) groups excluding carboxylic acids is 1. The molecule has 0 bridgehead atoms. The van der Waals surface area contributed by atoms with Crippen LogP contribution in [0.3, 0.4) is 0 Å². The number of hydrogen-bond acceptors (Lipinski definition) is 1. The Bertz CT molecular complexity index is 635. The number of allylic oxidation sites excluding steroid dienone is 1. The van der Waals surface area contributed by atoms with Crippen molar-refractivity contribution in [3.63, 3.8) is 0 Å². The molecular weight excluding hydrogens is 365 g/mol. The van der Waals surface area contributed by atoms with Crippen molar-refractivity contribution in [2.24, 2.45) is 28.6 Å². The van der Waals surface area contributed by atoms with Gasteiger partial charge in [-0.25, -0.2) is 8.78 Å². The lowest BCUT2D eigenvalue weighted by Crippen LogP contribution is -2.65. The molecule has 0 aromatic rings. The summed E-state index contributed by atoms with van der Waals surface area (Å²) < 4.78 is 27.3. The predicted molar refractivity (Wildman–Crippen MR) is 96.3 cm³/mol. The molecule has 3 fully saturated rings. The summed E-state index contributed by atoms with van der Waals surface area (Å²) in [5.74, 6) is -0.0428. The molecule has 0 spiro atoms. The minimum absolute atomic E-state index is 0.148. The van der Waals surface area contributed by atoms with Gasteiger partial charge in [0.2, 0.25) is 6.43 Å². The van der Waals surface area contributed by atoms with Gasteiger partial charge in [-0.2, -0.15) is 0 Å². The van der Waals surface area contributed by atoms with Crippen LogP contribution in [0.1, 0.15) is 58.8 Å². The summed E-state index contributed by atoms with van der Waals surface area (Å²) in [5.41, 5.74) is 0.404. The third-order valence-electron chi connectivity index (χ3n) is 8.37. The maximum Gasteiger partial charge on any atom is 0.241 e. The Morgan fingerprint density at radius 1 is 1.16 bits per heavy atom. The Morgan fingerprint density at radius 3 is 2.56 bits per heavy atom. The van der Waals surface area contributed by atoms with E-state index >= 15 is 0 Å². The fraction of sp³-hybridized carbons (Fsp3) is 0.850. The van der Waals surface area contributed by atoms with Crippen molar-refractivity contribution in [3.8, 4) is 0 Å². The molecule has 0 aromatic carbocycles. The molecule has 2 unspecified atom stereocenters. The average Bonchev–Trinajstić information content (AvgIpc) is 2.87. The zero-order valence-electron chi connectivity index (χ0n) is 14.8. The summed E-state index contributed by atoms with van der Waals surface area (Å²) in [5, 5.41) is -0.346. The first-order chi connectivity index (χ1) is 11.6. The van der Waals surface area contributed by atoms with Crippen molar-refractivity contribution in [2.75, 3.05) is 0 Å². The fourth-order valence-electron chi connectivity index (χ4n) is 6.95. The Hall–Kier alpha value is -0.150. The fourth-order valence-corrected chi connectivity index (χ4v) is 8.24. The van der Waals surface area contributed by atoms with Gasteiger partial charge in [-0.15, -0.1) is 23.2 Å². The van der Waals surface area contributed by atoms with E-state index in [9.17, 15) is 13.6 Å². The minimum Gasteiger partial charge on any atom is -0.295 e. The summed E-state index contributed by atoms with van der Waals surface area (Å²) >= 11 is 14.3. The maximum atomic E-state index is 13.7. The number of hydrogen-bond donors (Lipinski definition) is 0. The van der Waals surface area contributed by atoms with Gasteiger partial charge in [0.05, 0.1) is 10.3 Å². The van der Waals surface area contributed by atoms with Gasteiger partial charge in [0.1, 0.15) is 0 Å². The molecule has 3 saturated carbocycles. The van der Waals surface area contributed by atoms with Crippen LogP contribution in [0, 0.1) is 28.6 Å². The first-order valence-corrected chi connectivity index (χ1v) is 10.3. The average molecular weight is 391 g/mol. The quantitative estimate of drug-likeness (QED) is 0.503. The molecule has 5 heteroatoms. The normalized spacial score (nSPS) is 52.4. The molecule has 4 rings (SSSR count). The molecule has 1 nitrogen and oxygen atoms in total. The highest BCUT2D eigenvalue weighted by molar-refractivity contribution is 6.33. The molecule has 4 aliphatic rings. The van der Waals surface area contributed by atoms with Crippen molar-refractivity contribution < 1.29 is 13.6 Å². The predicted octanol–water partition coefficient (Wildman–Crippen LogP) is 5.98. The first kappa shape index (κ1) is 18.2. The summed E-state index contributed by atoms with van der Waals surface area (Å²) in [6.45, 7) is 4.17. The van der Waals surface area contributed by atoms with Crippen LogP contribution >= 0.6 is 23.2 Å². The maximum absolute atomic E-state index is 13.7. The van der Waals surface area contributed by atoms with E-state index in [0.717, 1.165) is 31.3 Å². The van der Waals surface area contributed by atoms with E-state index < -0.39 is 22.6 Å². The van der Waals surface area contributed by atoms with Crippen molar-refractivity contribution in [1.29, 1.82) is 0 Å². The standard InChI is InChI=1S/C20H26Cl2F2O/c1-18-10-16(21)20(22)14(13(18)5-6-15(18)17(23)24)4-3-11-9-12(25)7-8-19(11,20)2/h9,13-17H,3-8,10H2,1-2H3/t13-,14-,15?,16?,18-,19-,20+/m0/s1. The van der Waals surface area contributed by atoms with Gasteiger partial charge in [-0.05, 0) is 61.9 Å². The van der Waals surface area contributed by atoms with Crippen molar-refractivity contribution in [3.05, 3.63) is 11.6 Å². The van der Waals surface area contributed by atoms with Gasteiger partial charge in [0.15, 0.2) is 5.78 Å². The van der Waals surface area contributed by atoms with Crippen LogP contribution in [0.2, 0.25) is 0 Å². The third kappa shape index (κ3) is 2.21. The van der Waals surface area contributed by atoms with Gasteiger partial charge in [0, 0.05) is 17.8 Å². The Labute approximate surface area is 158 Å². The lowest BCUT2D eigenvalue weighted by atomic mass is 9.46. The molecule has 0 N–H and O–H groups in total. The number of carbonyl (C=O) groups is 1. The van der Waals surface area contributed by atoms with E-state index in [1.807, 2.05) is 6.92 Å². The van der Waals surface area contributed by atoms with Gasteiger partial charge < -0.3 is 0 Å². The lowest BCUT2D eigenvalue weighted by molar-refractivity contribution is -0.117. The van der Waals surface area contributed by atoms with Gasteiger partial charge in [-0.3, -0.25) is 4.79 Å². The number of rotatable bonds is 1. The molecule has 0 aliphatic heterocycles. The topological polar surface area (TPSA) is 17.1 Å². The van der Waals surface area contributed by atoms with Crippen LogP contribution in [0.25, 0.3) is 0 Å². The zero-order valence-corrected chi connectivity index (χ0v) is 16.3. The number of alkyl halides is 4. The molecule has 25 heavy (non-hydrogen) atoms. The van der Waals surface area contributed by atoms with E-state index in [4.69, 9.17) is 23.2 Å². The van der Waals surface area contributed by atoms with Crippen molar-refractivity contribution in [1.82, 2.24) is 0 Å². The Kier molecular flexibility index (Phi) is 4.14. The second kappa shape index (κ2) is 5.67. The van der Waals surface area contributed by atoms with Gasteiger partial charge in [-0.1, -0.05) is 19.4 Å². The molecule has 0 heterocycles. The van der Waals surface area contributed by atoms with Crippen molar-refractivity contribution >= 4 is 29.0 Å². The largest absolute Gasteiger partial charge is 0.295 e. The van der Waals surface area contributed by atoms with E-state index in [0.29, 0.717) is 19.3 Å². The Morgan fingerprint density at radius 2 is 1.88 bits per heavy atom. The molecule has 0 saturated heterocycles. The molecule has 0 radical (unpaired) electrons. The van der Waals surface area contributed by atoms with E-state index in [1.165, 1.54) is 0 Å². The second-order valence-corrected chi connectivity index (χ2v) is 10.3. The van der Waals surface area contributed by atoms with Crippen LogP contribution in [-0.4, -0.2) is 22.5 Å². The highest BCUT2D eigenvalue weighted by Gasteiger charge is 2.69. The second-order valence-electron chi connectivity index (χ2n) is 9.18. The molecule has 0 aromatic heterocycles. The van der Waals surface area contributed by atoms with Crippen LogP contribution in [-0.2, 0) is 4.79 Å².